The van der Waals surface area contributed by atoms with Gasteiger partial charge in [0, 0.05) is 6.04 Å². The molecule has 1 rings (SSSR count). The van der Waals surface area contributed by atoms with Crippen LogP contribution in [0.5, 0.6) is 0 Å². The van der Waals surface area contributed by atoms with Gasteiger partial charge in [-0.15, -0.1) is 0 Å². The first kappa shape index (κ1) is 16.2. The van der Waals surface area contributed by atoms with Gasteiger partial charge >= 0.3 is 12.0 Å². The van der Waals surface area contributed by atoms with Gasteiger partial charge < -0.3 is 10.1 Å². The molecule has 0 aromatic heterocycles. The minimum absolute atomic E-state index is 0.0143. The van der Waals surface area contributed by atoms with E-state index in [9.17, 15) is 14.4 Å². The van der Waals surface area contributed by atoms with E-state index in [4.69, 9.17) is 4.74 Å². The molecule has 0 spiro atoms. The van der Waals surface area contributed by atoms with Crippen LogP contribution in [0.2, 0.25) is 0 Å². The Morgan fingerprint density at radius 3 is 2.75 bits per heavy atom. The Hall–Kier alpha value is -1.85. The molecule has 112 valence electrons. The summed E-state index contributed by atoms with van der Waals surface area (Å²) < 4.78 is 4.83. The zero-order valence-corrected chi connectivity index (χ0v) is 12.0. The van der Waals surface area contributed by atoms with E-state index >= 15 is 0 Å². The highest BCUT2D eigenvalue weighted by molar-refractivity contribution is 5.95. The summed E-state index contributed by atoms with van der Waals surface area (Å²) in [6.45, 7) is 3.33. The standard InChI is InChI=1S/C14H22N2O4/c1-3-10(2)15-14(19)16-12(17)9-20-13(18)8-11-6-4-5-7-11/h4,6,10-11H,3,5,7-9H2,1-2H3,(H2,15,16,17,19)/t10-,11-/m1/s1. The van der Waals surface area contributed by atoms with Gasteiger partial charge in [-0.05, 0) is 32.1 Å². The Balaban J connectivity index is 2.17. The molecule has 0 aliphatic heterocycles. The van der Waals surface area contributed by atoms with E-state index in [0.29, 0.717) is 0 Å². The van der Waals surface area contributed by atoms with E-state index in [1.807, 2.05) is 26.0 Å². The van der Waals surface area contributed by atoms with Crippen LogP contribution < -0.4 is 10.6 Å². The van der Waals surface area contributed by atoms with Crippen molar-refractivity contribution in [3.05, 3.63) is 12.2 Å². The molecule has 0 aromatic rings. The molecule has 0 saturated carbocycles. The maximum atomic E-state index is 11.5. The normalized spacial score (nSPS) is 18.4. The number of esters is 1. The molecule has 1 aliphatic carbocycles. The van der Waals surface area contributed by atoms with E-state index in [1.165, 1.54) is 0 Å². The Bertz CT molecular complexity index is 393. The maximum Gasteiger partial charge on any atom is 0.321 e. The van der Waals surface area contributed by atoms with Crippen molar-refractivity contribution in [3.8, 4) is 0 Å². The molecule has 0 aromatic carbocycles. The number of allylic oxidation sites excluding steroid dienone is 2. The highest BCUT2D eigenvalue weighted by atomic mass is 16.5. The number of hydrogen-bond donors (Lipinski definition) is 2. The van der Waals surface area contributed by atoms with Gasteiger partial charge in [-0.25, -0.2) is 4.79 Å². The lowest BCUT2D eigenvalue weighted by Crippen LogP contribution is -2.44. The third-order valence-corrected chi connectivity index (χ3v) is 3.15. The second-order valence-corrected chi connectivity index (χ2v) is 4.96. The number of urea groups is 1. The monoisotopic (exact) mass is 282 g/mol. The number of imide groups is 1. The van der Waals surface area contributed by atoms with Crippen LogP contribution in [0.3, 0.4) is 0 Å². The Morgan fingerprint density at radius 2 is 2.15 bits per heavy atom. The number of carbonyl (C=O) groups is 3. The van der Waals surface area contributed by atoms with Gasteiger partial charge in [0.1, 0.15) is 0 Å². The fourth-order valence-corrected chi connectivity index (χ4v) is 1.81. The molecule has 20 heavy (non-hydrogen) atoms. The Morgan fingerprint density at radius 1 is 1.40 bits per heavy atom. The molecule has 3 amide bonds. The van der Waals surface area contributed by atoms with Crippen LogP contribution in [-0.2, 0) is 14.3 Å². The molecule has 6 nitrogen and oxygen atoms in total. The first-order valence-electron chi connectivity index (χ1n) is 6.94. The van der Waals surface area contributed by atoms with E-state index in [-0.39, 0.29) is 18.4 Å². The first-order valence-corrected chi connectivity index (χ1v) is 6.94. The second-order valence-electron chi connectivity index (χ2n) is 4.96. The molecule has 2 atom stereocenters. The maximum absolute atomic E-state index is 11.5. The number of hydrogen-bond acceptors (Lipinski definition) is 4. The van der Waals surface area contributed by atoms with E-state index in [0.717, 1.165) is 19.3 Å². The van der Waals surface area contributed by atoms with Crippen molar-refractivity contribution < 1.29 is 19.1 Å². The van der Waals surface area contributed by atoms with Crippen LogP contribution in [0, 0.1) is 5.92 Å². The van der Waals surface area contributed by atoms with Gasteiger partial charge in [-0.1, -0.05) is 19.1 Å². The summed E-state index contributed by atoms with van der Waals surface area (Å²) in [5.74, 6) is -0.834. The van der Waals surface area contributed by atoms with Crippen molar-refractivity contribution in [2.24, 2.45) is 5.92 Å². The van der Waals surface area contributed by atoms with Gasteiger partial charge in [-0.2, -0.15) is 0 Å². The van der Waals surface area contributed by atoms with Gasteiger partial charge in [0.05, 0.1) is 6.42 Å². The molecule has 0 bridgehead atoms. The minimum Gasteiger partial charge on any atom is -0.456 e. The van der Waals surface area contributed by atoms with Crippen LogP contribution in [0.1, 0.15) is 39.5 Å². The van der Waals surface area contributed by atoms with Gasteiger partial charge in [-0.3, -0.25) is 14.9 Å². The predicted octanol–water partition coefficient (Wildman–Crippen LogP) is 1.51. The lowest BCUT2D eigenvalue weighted by molar-refractivity contribution is -0.148. The highest BCUT2D eigenvalue weighted by Crippen LogP contribution is 2.20. The smallest absolute Gasteiger partial charge is 0.321 e. The van der Waals surface area contributed by atoms with Crippen LogP contribution in [0.25, 0.3) is 0 Å². The van der Waals surface area contributed by atoms with E-state index in [1.54, 1.807) is 0 Å². The summed E-state index contributed by atoms with van der Waals surface area (Å²) in [4.78, 5) is 34.2. The van der Waals surface area contributed by atoms with Crippen LogP contribution >= 0.6 is 0 Å². The molecule has 2 N–H and O–H groups in total. The van der Waals surface area contributed by atoms with Gasteiger partial charge in [0.2, 0.25) is 0 Å². The third-order valence-electron chi connectivity index (χ3n) is 3.15. The van der Waals surface area contributed by atoms with E-state index < -0.39 is 24.5 Å². The Labute approximate surface area is 118 Å². The van der Waals surface area contributed by atoms with Crippen molar-refractivity contribution in [1.29, 1.82) is 0 Å². The number of amides is 3. The van der Waals surface area contributed by atoms with Gasteiger partial charge in [0.15, 0.2) is 6.61 Å². The molecular formula is C14H22N2O4. The zero-order chi connectivity index (χ0) is 15.0. The SMILES string of the molecule is CC[C@@H](C)NC(=O)NC(=O)COC(=O)C[C@@H]1C=CCC1. The van der Waals surface area contributed by atoms with Gasteiger partial charge in [0.25, 0.3) is 5.91 Å². The molecule has 0 heterocycles. The first-order chi connectivity index (χ1) is 9.51. The molecule has 0 radical (unpaired) electrons. The summed E-state index contributed by atoms with van der Waals surface area (Å²) in [6.07, 6.45) is 6.99. The van der Waals surface area contributed by atoms with Crippen molar-refractivity contribution in [1.82, 2.24) is 10.6 Å². The second kappa shape index (κ2) is 8.35. The topological polar surface area (TPSA) is 84.5 Å². The summed E-state index contributed by atoms with van der Waals surface area (Å²) >= 11 is 0. The van der Waals surface area contributed by atoms with Crippen molar-refractivity contribution in [2.45, 2.75) is 45.6 Å². The fourth-order valence-electron chi connectivity index (χ4n) is 1.81. The lowest BCUT2D eigenvalue weighted by atomic mass is 10.1. The third kappa shape index (κ3) is 6.36. The fraction of sp³-hybridized carbons (Fsp3) is 0.643. The minimum atomic E-state index is -0.624. The van der Waals surface area contributed by atoms with E-state index in [2.05, 4.69) is 10.6 Å². The van der Waals surface area contributed by atoms with Crippen molar-refractivity contribution >= 4 is 17.9 Å². The zero-order valence-electron chi connectivity index (χ0n) is 12.0. The largest absolute Gasteiger partial charge is 0.456 e. The molecule has 1 aliphatic rings. The summed E-state index contributed by atoms with van der Waals surface area (Å²) in [5.41, 5.74) is 0. The molecular weight excluding hydrogens is 260 g/mol. The predicted molar refractivity (Wildman–Crippen MR) is 73.9 cm³/mol. The van der Waals surface area contributed by atoms with Crippen molar-refractivity contribution in [2.75, 3.05) is 6.61 Å². The molecule has 6 heteroatoms. The highest BCUT2D eigenvalue weighted by Gasteiger charge is 2.16. The lowest BCUT2D eigenvalue weighted by Gasteiger charge is -2.12. The number of rotatable bonds is 6. The average molecular weight is 282 g/mol. The summed E-state index contributed by atoms with van der Waals surface area (Å²) in [5, 5.41) is 4.70. The van der Waals surface area contributed by atoms with Crippen LogP contribution in [-0.4, -0.2) is 30.6 Å². The summed E-state index contributed by atoms with van der Waals surface area (Å²) in [6, 6.07) is -0.585. The van der Waals surface area contributed by atoms with Crippen LogP contribution in [0.4, 0.5) is 4.79 Å². The Kier molecular flexibility index (Phi) is 6.76. The average Bonchev–Trinajstić information content (AvgIpc) is 2.88. The molecule has 0 fully saturated rings. The molecule has 0 saturated heterocycles. The quantitative estimate of drug-likeness (QED) is 0.571. The van der Waals surface area contributed by atoms with Crippen LogP contribution in [0.15, 0.2) is 12.2 Å². The molecule has 0 unspecified atom stereocenters. The summed E-state index contributed by atoms with van der Waals surface area (Å²) in [7, 11) is 0. The number of nitrogens with one attached hydrogen (secondary N) is 2. The van der Waals surface area contributed by atoms with Crippen molar-refractivity contribution in [3.63, 3.8) is 0 Å². The number of ether oxygens (including phenoxy) is 1. The number of carbonyl (C=O) groups excluding carboxylic acids is 3.